The minimum atomic E-state index is -1.12. The maximum Gasteiger partial charge on any atom is 0.328 e. The monoisotopic (exact) mass is 276 g/mol. The van der Waals surface area contributed by atoms with Crippen LogP contribution in [0.1, 0.15) is 13.3 Å². The van der Waals surface area contributed by atoms with Gasteiger partial charge in [0.15, 0.2) is 0 Å². The second-order valence-corrected chi connectivity index (χ2v) is 4.23. The number of benzene rings is 1. The minimum Gasteiger partial charge on any atom is -0.478 e. The van der Waals surface area contributed by atoms with Gasteiger partial charge in [0, 0.05) is 37.5 Å². The topological polar surface area (TPSA) is 69.6 Å². The smallest absolute Gasteiger partial charge is 0.328 e. The number of hydrogen-bond acceptors (Lipinski definition) is 3. The van der Waals surface area contributed by atoms with Gasteiger partial charge in [-0.15, -0.1) is 0 Å². The van der Waals surface area contributed by atoms with Gasteiger partial charge in [-0.25, -0.2) is 4.79 Å². The third-order valence-corrected chi connectivity index (χ3v) is 2.78. The van der Waals surface area contributed by atoms with Crippen molar-refractivity contribution in [2.45, 2.75) is 13.3 Å². The first-order valence-corrected chi connectivity index (χ1v) is 6.62. The molecule has 0 atom stereocenters. The van der Waals surface area contributed by atoms with E-state index in [1.807, 2.05) is 18.2 Å². The van der Waals surface area contributed by atoms with Gasteiger partial charge in [0.25, 0.3) is 0 Å². The Labute approximate surface area is 118 Å². The summed E-state index contributed by atoms with van der Waals surface area (Å²) in [6.45, 7) is 4.34. The minimum absolute atomic E-state index is 0.379. The Morgan fingerprint density at radius 3 is 2.55 bits per heavy atom. The predicted octanol–water partition coefficient (Wildman–Crippen LogP) is 1.66. The zero-order chi connectivity index (χ0) is 14.8. The van der Waals surface area contributed by atoms with Crippen molar-refractivity contribution in [3.63, 3.8) is 0 Å². The summed E-state index contributed by atoms with van der Waals surface area (Å²) in [5.74, 6) is -1.50. The summed E-state index contributed by atoms with van der Waals surface area (Å²) in [5, 5.41) is 11.0. The van der Waals surface area contributed by atoms with Gasteiger partial charge in [-0.3, -0.25) is 4.79 Å². The highest BCUT2D eigenvalue weighted by atomic mass is 16.4. The van der Waals surface area contributed by atoms with Crippen molar-refractivity contribution in [2.75, 3.05) is 24.5 Å². The standard InChI is InChI=1S/C15H20N2O3/c1-2-17(13-7-4-3-5-8-13)12-6-11-16-14(18)9-10-15(19)20/h3-5,7-10H,2,6,11-12H2,1H3,(H,16,18)(H,19,20)/b10-9+. The number of carboxylic acid groups (broad SMARTS) is 1. The lowest BCUT2D eigenvalue weighted by Gasteiger charge is -2.23. The molecule has 0 radical (unpaired) electrons. The third-order valence-electron chi connectivity index (χ3n) is 2.78. The second-order valence-electron chi connectivity index (χ2n) is 4.23. The number of anilines is 1. The van der Waals surface area contributed by atoms with Crippen LogP contribution < -0.4 is 10.2 Å². The van der Waals surface area contributed by atoms with Crippen LogP contribution in [0.25, 0.3) is 0 Å². The van der Waals surface area contributed by atoms with E-state index in [1.54, 1.807) is 0 Å². The zero-order valence-electron chi connectivity index (χ0n) is 11.6. The Balaban J connectivity index is 2.29. The predicted molar refractivity (Wildman–Crippen MR) is 78.7 cm³/mol. The van der Waals surface area contributed by atoms with E-state index in [-0.39, 0.29) is 5.91 Å². The first kappa shape index (κ1) is 15.8. The quantitative estimate of drug-likeness (QED) is 0.559. The first-order chi connectivity index (χ1) is 9.63. The van der Waals surface area contributed by atoms with Crippen molar-refractivity contribution in [3.05, 3.63) is 42.5 Å². The van der Waals surface area contributed by atoms with E-state index in [0.717, 1.165) is 37.3 Å². The first-order valence-electron chi connectivity index (χ1n) is 6.62. The van der Waals surface area contributed by atoms with Crippen LogP contribution in [0.2, 0.25) is 0 Å². The van der Waals surface area contributed by atoms with Crippen molar-refractivity contribution in [1.29, 1.82) is 0 Å². The maximum atomic E-state index is 11.3. The molecular formula is C15H20N2O3. The lowest BCUT2D eigenvalue weighted by Crippen LogP contribution is -2.29. The molecule has 0 aromatic heterocycles. The molecule has 0 saturated carbocycles. The summed E-state index contributed by atoms with van der Waals surface area (Å²) in [6, 6.07) is 10.1. The van der Waals surface area contributed by atoms with E-state index >= 15 is 0 Å². The van der Waals surface area contributed by atoms with Crippen molar-refractivity contribution in [2.24, 2.45) is 0 Å². The van der Waals surface area contributed by atoms with Gasteiger partial charge < -0.3 is 15.3 Å². The molecule has 1 rings (SSSR count). The molecule has 0 fully saturated rings. The van der Waals surface area contributed by atoms with Crippen molar-refractivity contribution < 1.29 is 14.7 Å². The number of para-hydroxylation sites is 1. The highest BCUT2D eigenvalue weighted by Gasteiger charge is 2.03. The van der Waals surface area contributed by atoms with E-state index in [0.29, 0.717) is 6.54 Å². The normalized spacial score (nSPS) is 10.4. The van der Waals surface area contributed by atoms with Crippen LogP contribution in [0.3, 0.4) is 0 Å². The van der Waals surface area contributed by atoms with Crippen LogP contribution in [0.15, 0.2) is 42.5 Å². The third kappa shape index (κ3) is 6.04. The molecule has 0 aliphatic heterocycles. The number of hydrogen-bond donors (Lipinski definition) is 2. The van der Waals surface area contributed by atoms with E-state index in [2.05, 4.69) is 29.3 Å². The molecule has 0 spiro atoms. The van der Waals surface area contributed by atoms with E-state index < -0.39 is 5.97 Å². The summed E-state index contributed by atoms with van der Waals surface area (Å²) >= 11 is 0. The SMILES string of the molecule is CCN(CCCNC(=O)/C=C/C(=O)O)c1ccccc1. The summed E-state index contributed by atoms with van der Waals surface area (Å²) < 4.78 is 0. The van der Waals surface area contributed by atoms with Gasteiger partial charge in [-0.1, -0.05) is 18.2 Å². The summed E-state index contributed by atoms with van der Waals surface area (Å²) in [5.41, 5.74) is 1.16. The van der Waals surface area contributed by atoms with Gasteiger partial charge in [0.05, 0.1) is 0 Å². The molecule has 0 unspecified atom stereocenters. The molecule has 0 aliphatic carbocycles. The number of carbonyl (C=O) groups is 2. The summed E-state index contributed by atoms with van der Waals surface area (Å²) in [4.78, 5) is 23.7. The zero-order valence-corrected chi connectivity index (χ0v) is 11.6. The fourth-order valence-corrected chi connectivity index (χ4v) is 1.80. The molecule has 2 N–H and O–H groups in total. The number of carboxylic acids is 1. The average molecular weight is 276 g/mol. The molecule has 0 bridgehead atoms. The van der Waals surface area contributed by atoms with Gasteiger partial charge in [-0.2, -0.15) is 0 Å². The van der Waals surface area contributed by atoms with Crippen LogP contribution in [0, 0.1) is 0 Å². The second kappa shape index (κ2) is 8.74. The fraction of sp³-hybridized carbons (Fsp3) is 0.333. The Morgan fingerprint density at radius 2 is 1.95 bits per heavy atom. The van der Waals surface area contributed by atoms with Crippen LogP contribution in [0.5, 0.6) is 0 Å². The van der Waals surface area contributed by atoms with Crippen LogP contribution in [-0.4, -0.2) is 36.6 Å². The summed E-state index contributed by atoms with van der Waals surface area (Å²) in [7, 11) is 0. The number of aliphatic carboxylic acids is 1. The highest BCUT2D eigenvalue weighted by Crippen LogP contribution is 2.12. The molecule has 0 saturated heterocycles. The van der Waals surface area contributed by atoms with Crippen molar-refractivity contribution >= 4 is 17.6 Å². The molecule has 0 heterocycles. The molecule has 1 amide bonds. The van der Waals surface area contributed by atoms with E-state index in [4.69, 9.17) is 5.11 Å². The molecular weight excluding hydrogens is 256 g/mol. The Morgan fingerprint density at radius 1 is 1.25 bits per heavy atom. The van der Waals surface area contributed by atoms with Gasteiger partial charge in [0.1, 0.15) is 0 Å². The molecule has 108 valence electrons. The molecule has 20 heavy (non-hydrogen) atoms. The highest BCUT2D eigenvalue weighted by molar-refractivity contribution is 5.93. The van der Waals surface area contributed by atoms with Crippen molar-refractivity contribution in [1.82, 2.24) is 5.32 Å². The lowest BCUT2D eigenvalue weighted by molar-refractivity contribution is -0.131. The van der Waals surface area contributed by atoms with Crippen LogP contribution >= 0.6 is 0 Å². The van der Waals surface area contributed by atoms with Gasteiger partial charge in [-0.05, 0) is 25.5 Å². The Kier molecular flexibility index (Phi) is 6.89. The van der Waals surface area contributed by atoms with Crippen LogP contribution in [0.4, 0.5) is 5.69 Å². The Hall–Kier alpha value is -2.30. The molecule has 5 heteroatoms. The Bertz CT molecular complexity index is 457. The molecule has 0 aliphatic rings. The molecule has 5 nitrogen and oxygen atoms in total. The van der Waals surface area contributed by atoms with E-state index in [9.17, 15) is 9.59 Å². The average Bonchev–Trinajstić information content (AvgIpc) is 2.46. The lowest BCUT2D eigenvalue weighted by atomic mass is 10.2. The number of carbonyl (C=O) groups excluding carboxylic acids is 1. The largest absolute Gasteiger partial charge is 0.478 e. The number of nitrogens with one attached hydrogen (secondary N) is 1. The number of amides is 1. The maximum absolute atomic E-state index is 11.3. The number of rotatable bonds is 8. The van der Waals surface area contributed by atoms with Crippen LogP contribution in [-0.2, 0) is 9.59 Å². The van der Waals surface area contributed by atoms with Gasteiger partial charge >= 0.3 is 5.97 Å². The summed E-state index contributed by atoms with van der Waals surface area (Å²) in [6.07, 6.45) is 2.66. The van der Waals surface area contributed by atoms with Gasteiger partial charge in [0.2, 0.25) is 5.91 Å². The van der Waals surface area contributed by atoms with Crippen molar-refractivity contribution in [3.8, 4) is 0 Å². The fourth-order valence-electron chi connectivity index (χ4n) is 1.80. The molecule has 1 aromatic carbocycles. The number of nitrogens with zero attached hydrogens (tertiary/aromatic N) is 1. The molecule has 1 aromatic rings. The van der Waals surface area contributed by atoms with E-state index in [1.165, 1.54) is 0 Å².